The molecule has 0 aromatic carbocycles. The second-order valence-corrected chi connectivity index (χ2v) is 6.76. The number of hydrogen-bond donors (Lipinski definition) is 1. The molecule has 1 fully saturated rings. The van der Waals surface area contributed by atoms with Gasteiger partial charge in [0.05, 0.1) is 0 Å². The van der Waals surface area contributed by atoms with E-state index in [1.54, 1.807) is 12.4 Å². The number of carbonyl (C=O) groups is 2. The molecule has 8 nitrogen and oxygen atoms in total. The molecule has 1 atom stereocenters. The molecule has 0 spiro atoms. The lowest BCUT2D eigenvalue weighted by atomic mass is 9.98. The Balaban J connectivity index is 1.53. The summed E-state index contributed by atoms with van der Waals surface area (Å²) in [5.41, 5.74) is 0.785. The van der Waals surface area contributed by atoms with Gasteiger partial charge >= 0.3 is 0 Å². The number of hydrogen-bond acceptors (Lipinski definition) is 6. The number of piperidine rings is 1. The number of nitrogens with zero attached hydrogens (tertiary/aromatic N) is 4. The van der Waals surface area contributed by atoms with Gasteiger partial charge in [-0.25, -0.2) is 0 Å². The van der Waals surface area contributed by atoms with Crippen LogP contribution in [0.2, 0.25) is 0 Å². The molecule has 144 valence electrons. The Kier molecular flexibility index (Phi) is 6.51. The Morgan fingerprint density at radius 1 is 1.37 bits per heavy atom. The van der Waals surface area contributed by atoms with Gasteiger partial charge in [-0.1, -0.05) is 5.16 Å². The maximum Gasteiger partial charge on any atom is 0.227 e. The van der Waals surface area contributed by atoms with Crippen molar-refractivity contribution in [3.05, 3.63) is 30.4 Å². The first-order valence-corrected chi connectivity index (χ1v) is 9.40. The number of nitrogens with one attached hydrogen (secondary N) is 1. The van der Waals surface area contributed by atoms with Crippen LogP contribution >= 0.6 is 0 Å². The van der Waals surface area contributed by atoms with E-state index in [1.807, 2.05) is 17.0 Å². The molecule has 0 unspecified atom stereocenters. The lowest BCUT2D eigenvalue weighted by Gasteiger charge is -2.36. The molecule has 0 bridgehead atoms. The van der Waals surface area contributed by atoms with E-state index in [1.165, 1.54) is 6.92 Å². The Morgan fingerprint density at radius 2 is 2.26 bits per heavy atom. The van der Waals surface area contributed by atoms with Crippen molar-refractivity contribution in [3.63, 3.8) is 0 Å². The van der Waals surface area contributed by atoms with E-state index in [0.717, 1.165) is 37.8 Å². The third kappa shape index (κ3) is 5.35. The van der Waals surface area contributed by atoms with E-state index in [0.29, 0.717) is 31.1 Å². The van der Waals surface area contributed by atoms with E-state index in [2.05, 4.69) is 20.4 Å². The van der Waals surface area contributed by atoms with Gasteiger partial charge in [-0.2, -0.15) is 4.98 Å². The highest BCUT2D eigenvalue weighted by atomic mass is 16.5. The summed E-state index contributed by atoms with van der Waals surface area (Å²) in [6.45, 7) is 2.88. The van der Waals surface area contributed by atoms with Crippen LogP contribution in [0.15, 0.2) is 29.0 Å². The molecule has 2 aromatic heterocycles. The predicted molar refractivity (Wildman–Crippen MR) is 98.5 cm³/mol. The normalized spacial score (nSPS) is 16.9. The average molecular weight is 371 g/mol. The summed E-state index contributed by atoms with van der Waals surface area (Å²) in [6, 6.07) is 3.86. The van der Waals surface area contributed by atoms with Gasteiger partial charge in [0.1, 0.15) is 0 Å². The van der Waals surface area contributed by atoms with Crippen LogP contribution in [-0.4, -0.2) is 51.0 Å². The van der Waals surface area contributed by atoms with E-state index >= 15 is 0 Å². The van der Waals surface area contributed by atoms with Crippen molar-refractivity contribution >= 4 is 11.8 Å². The summed E-state index contributed by atoms with van der Waals surface area (Å²) < 4.78 is 5.27. The van der Waals surface area contributed by atoms with Crippen LogP contribution in [-0.2, 0) is 16.0 Å². The number of carbonyl (C=O) groups excluding carboxylic acids is 2. The van der Waals surface area contributed by atoms with Crippen molar-refractivity contribution in [2.24, 2.45) is 0 Å². The monoisotopic (exact) mass is 371 g/mol. The van der Waals surface area contributed by atoms with Crippen LogP contribution in [0.25, 0.3) is 11.4 Å². The summed E-state index contributed by atoms with van der Waals surface area (Å²) in [4.78, 5) is 34.1. The largest absolute Gasteiger partial charge is 0.356 e. The Bertz CT molecular complexity index is 762. The number of aromatic nitrogens is 3. The average Bonchev–Trinajstić information content (AvgIpc) is 3.16. The quantitative estimate of drug-likeness (QED) is 0.798. The molecule has 2 aromatic rings. The molecule has 1 aliphatic rings. The van der Waals surface area contributed by atoms with Crippen LogP contribution in [0, 0.1) is 0 Å². The zero-order chi connectivity index (χ0) is 19.1. The van der Waals surface area contributed by atoms with Crippen molar-refractivity contribution in [1.82, 2.24) is 25.3 Å². The number of amides is 2. The minimum Gasteiger partial charge on any atom is -0.356 e. The predicted octanol–water partition coefficient (Wildman–Crippen LogP) is 1.97. The van der Waals surface area contributed by atoms with Crippen molar-refractivity contribution in [3.8, 4) is 11.4 Å². The van der Waals surface area contributed by atoms with E-state index in [4.69, 9.17) is 4.52 Å². The van der Waals surface area contributed by atoms with Gasteiger partial charge in [0.15, 0.2) is 0 Å². The fraction of sp³-hybridized carbons (Fsp3) is 0.526. The molecular formula is C19H25N5O3. The van der Waals surface area contributed by atoms with Gasteiger partial charge in [-0.05, 0) is 37.8 Å². The van der Waals surface area contributed by atoms with Crippen LogP contribution < -0.4 is 5.32 Å². The summed E-state index contributed by atoms with van der Waals surface area (Å²) in [5.74, 6) is 0.999. The molecule has 2 amide bonds. The molecule has 3 heterocycles. The molecule has 1 saturated heterocycles. The molecular weight excluding hydrogens is 346 g/mol. The van der Waals surface area contributed by atoms with Crippen molar-refractivity contribution in [1.29, 1.82) is 0 Å². The molecule has 1 N–H and O–H groups in total. The summed E-state index contributed by atoms with van der Waals surface area (Å²) >= 11 is 0. The Morgan fingerprint density at radius 3 is 3.04 bits per heavy atom. The highest BCUT2D eigenvalue weighted by Crippen LogP contribution is 2.21. The first-order valence-electron chi connectivity index (χ1n) is 9.40. The molecule has 3 rings (SSSR count). The third-order valence-electron chi connectivity index (χ3n) is 4.74. The molecule has 0 aliphatic carbocycles. The van der Waals surface area contributed by atoms with Crippen molar-refractivity contribution < 1.29 is 14.1 Å². The second kappa shape index (κ2) is 9.25. The van der Waals surface area contributed by atoms with Crippen molar-refractivity contribution in [2.45, 2.75) is 51.5 Å². The number of likely N-dealkylation sites (tertiary alicyclic amines) is 1. The SMILES string of the molecule is CC(=O)NCC[C@@H]1CCCCN1C(=O)CCc1nc(-c2cccnc2)no1. The van der Waals surface area contributed by atoms with Crippen LogP contribution in [0.5, 0.6) is 0 Å². The lowest BCUT2D eigenvalue weighted by Crippen LogP contribution is -2.45. The van der Waals surface area contributed by atoms with Crippen LogP contribution in [0.3, 0.4) is 0 Å². The fourth-order valence-corrected chi connectivity index (χ4v) is 3.37. The van der Waals surface area contributed by atoms with Gasteiger partial charge in [-0.15, -0.1) is 0 Å². The maximum absolute atomic E-state index is 12.7. The third-order valence-corrected chi connectivity index (χ3v) is 4.74. The lowest BCUT2D eigenvalue weighted by molar-refractivity contribution is -0.135. The molecule has 1 aliphatic heterocycles. The van der Waals surface area contributed by atoms with Gasteiger partial charge in [0.25, 0.3) is 0 Å². The summed E-state index contributed by atoms with van der Waals surface area (Å²) in [7, 11) is 0. The highest BCUT2D eigenvalue weighted by Gasteiger charge is 2.26. The number of pyridine rings is 1. The Hall–Kier alpha value is -2.77. The fourth-order valence-electron chi connectivity index (χ4n) is 3.37. The Labute approximate surface area is 158 Å². The van der Waals surface area contributed by atoms with Crippen LogP contribution in [0.1, 0.15) is 44.9 Å². The maximum atomic E-state index is 12.7. The van der Waals surface area contributed by atoms with E-state index in [9.17, 15) is 9.59 Å². The minimum atomic E-state index is -0.0375. The zero-order valence-electron chi connectivity index (χ0n) is 15.6. The van der Waals surface area contributed by atoms with E-state index in [-0.39, 0.29) is 17.9 Å². The zero-order valence-corrected chi connectivity index (χ0v) is 15.6. The van der Waals surface area contributed by atoms with Gasteiger partial charge in [-0.3, -0.25) is 14.6 Å². The first kappa shape index (κ1) is 19.0. The molecule has 8 heteroatoms. The molecule has 27 heavy (non-hydrogen) atoms. The first-order chi connectivity index (χ1) is 13.1. The smallest absolute Gasteiger partial charge is 0.227 e. The second-order valence-electron chi connectivity index (χ2n) is 6.76. The van der Waals surface area contributed by atoms with Crippen LogP contribution in [0.4, 0.5) is 0 Å². The molecule has 0 saturated carbocycles. The number of rotatable bonds is 7. The highest BCUT2D eigenvalue weighted by molar-refractivity contribution is 5.77. The standard InChI is InChI=1S/C19H25N5O3/c1-14(25)21-11-9-16-6-2-3-12-24(16)18(26)8-7-17-22-19(23-27-17)15-5-4-10-20-13-15/h4-5,10,13,16H,2-3,6-9,11-12H2,1H3,(H,21,25)/t16-/m0/s1. The van der Waals surface area contributed by atoms with E-state index < -0.39 is 0 Å². The topological polar surface area (TPSA) is 101 Å². The minimum absolute atomic E-state index is 0.0375. The summed E-state index contributed by atoms with van der Waals surface area (Å²) in [6.07, 6.45) is 8.03. The van der Waals surface area contributed by atoms with Gasteiger partial charge in [0, 0.05) is 56.9 Å². The van der Waals surface area contributed by atoms with Gasteiger partial charge in [0.2, 0.25) is 23.5 Å². The molecule has 0 radical (unpaired) electrons. The van der Waals surface area contributed by atoms with Crippen molar-refractivity contribution in [2.75, 3.05) is 13.1 Å². The summed E-state index contributed by atoms with van der Waals surface area (Å²) in [5, 5.41) is 6.77. The number of aryl methyl sites for hydroxylation is 1. The van der Waals surface area contributed by atoms with Gasteiger partial charge < -0.3 is 14.7 Å².